The minimum absolute atomic E-state index is 0.324. The summed E-state index contributed by atoms with van der Waals surface area (Å²) in [7, 11) is 0. The summed E-state index contributed by atoms with van der Waals surface area (Å²) >= 11 is 0. The van der Waals surface area contributed by atoms with Gasteiger partial charge in [-0.2, -0.15) is 0 Å². The second-order valence-electron chi connectivity index (χ2n) is 2.85. The summed E-state index contributed by atoms with van der Waals surface area (Å²) in [6.45, 7) is 10.8. The van der Waals surface area contributed by atoms with Crippen LogP contribution in [0.5, 0.6) is 0 Å². The summed E-state index contributed by atoms with van der Waals surface area (Å²) in [5.41, 5.74) is 1.64. The molecule has 72 valence electrons. The van der Waals surface area contributed by atoms with Gasteiger partial charge in [-0.25, -0.2) is 9.64 Å². The molecule has 1 aromatic carbocycles. The van der Waals surface area contributed by atoms with Crippen molar-refractivity contribution in [2.24, 2.45) is 0 Å². The molecule has 0 atom stereocenters. The van der Waals surface area contributed by atoms with Crippen LogP contribution in [0.3, 0.4) is 0 Å². The third-order valence-electron chi connectivity index (χ3n) is 1.77. The number of rotatable bonds is 2. The Bertz CT molecular complexity index is 391. The van der Waals surface area contributed by atoms with Gasteiger partial charge in [0.25, 0.3) is 0 Å². The molecule has 0 heterocycles. The predicted octanol–water partition coefficient (Wildman–Crippen LogP) is 2.72. The van der Waals surface area contributed by atoms with Crippen LogP contribution in [0, 0.1) is 13.5 Å². The molecule has 0 fully saturated rings. The van der Waals surface area contributed by atoms with Crippen molar-refractivity contribution in [2.75, 3.05) is 6.61 Å². The fourth-order valence-corrected chi connectivity index (χ4v) is 1.12. The van der Waals surface area contributed by atoms with Crippen LogP contribution in [-0.2, 0) is 4.74 Å². The van der Waals surface area contributed by atoms with Gasteiger partial charge in [-0.15, -0.1) is 0 Å². The normalized spacial score (nSPS) is 9.21. The highest BCUT2D eigenvalue weighted by Gasteiger charge is 2.11. The average molecular weight is 189 g/mol. The van der Waals surface area contributed by atoms with Gasteiger partial charge >= 0.3 is 5.97 Å². The Morgan fingerprint density at radius 2 is 2.29 bits per heavy atom. The van der Waals surface area contributed by atoms with E-state index in [1.807, 2.05) is 6.92 Å². The summed E-state index contributed by atoms with van der Waals surface area (Å²) in [5, 5.41) is 0. The first kappa shape index (κ1) is 10.3. The molecule has 14 heavy (non-hydrogen) atoms. The third kappa shape index (κ3) is 2.11. The Kier molecular flexibility index (Phi) is 3.24. The van der Waals surface area contributed by atoms with Crippen molar-refractivity contribution in [2.45, 2.75) is 13.8 Å². The Hall–Kier alpha value is -1.82. The molecule has 0 aliphatic heterocycles. The molecule has 0 N–H and O–H groups in total. The number of hydrogen-bond acceptors (Lipinski definition) is 2. The van der Waals surface area contributed by atoms with E-state index in [-0.39, 0.29) is 0 Å². The molecule has 0 saturated carbocycles. The fraction of sp³-hybridized carbons (Fsp3) is 0.273. The van der Waals surface area contributed by atoms with Gasteiger partial charge < -0.3 is 4.74 Å². The maximum Gasteiger partial charge on any atom is 0.327 e. The Balaban J connectivity index is 3.12. The van der Waals surface area contributed by atoms with Gasteiger partial charge in [0, 0.05) is 0 Å². The van der Waals surface area contributed by atoms with E-state index in [9.17, 15) is 4.79 Å². The van der Waals surface area contributed by atoms with Gasteiger partial charge in [-0.3, -0.25) is 0 Å². The van der Waals surface area contributed by atoms with Crippen molar-refractivity contribution in [3.8, 4) is 0 Å². The van der Waals surface area contributed by atoms with E-state index in [2.05, 4.69) is 4.85 Å². The third-order valence-corrected chi connectivity index (χ3v) is 1.77. The lowest BCUT2D eigenvalue weighted by molar-refractivity contribution is 0.0527. The second-order valence-corrected chi connectivity index (χ2v) is 2.85. The monoisotopic (exact) mass is 189 g/mol. The lowest BCUT2D eigenvalue weighted by Crippen LogP contribution is -2.04. The van der Waals surface area contributed by atoms with Crippen molar-refractivity contribution in [1.29, 1.82) is 0 Å². The maximum atomic E-state index is 11.4. The first-order chi connectivity index (χ1) is 6.69. The molecule has 3 nitrogen and oxygen atoms in total. The highest BCUT2D eigenvalue weighted by Crippen LogP contribution is 2.21. The standard InChI is InChI=1S/C11H11NO2/c1-4-14-11(13)9-7-8(2)5-6-10(9)12-3/h5-7H,4H2,1-2H3. The highest BCUT2D eigenvalue weighted by molar-refractivity contribution is 5.96. The lowest BCUT2D eigenvalue weighted by Gasteiger charge is -2.04. The van der Waals surface area contributed by atoms with Crippen molar-refractivity contribution >= 4 is 11.7 Å². The van der Waals surface area contributed by atoms with Crippen molar-refractivity contribution < 1.29 is 9.53 Å². The Morgan fingerprint density at radius 3 is 2.86 bits per heavy atom. The Morgan fingerprint density at radius 1 is 1.57 bits per heavy atom. The van der Waals surface area contributed by atoms with Crippen LogP contribution in [0.4, 0.5) is 5.69 Å². The molecule has 0 saturated heterocycles. The van der Waals surface area contributed by atoms with E-state index >= 15 is 0 Å². The molecule has 0 aromatic heterocycles. The minimum Gasteiger partial charge on any atom is -0.463 e. The number of benzene rings is 1. The molecule has 1 aromatic rings. The van der Waals surface area contributed by atoms with E-state index in [0.29, 0.717) is 17.9 Å². The van der Waals surface area contributed by atoms with E-state index in [1.54, 1.807) is 25.1 Å². The molecule has 1 rings (SSSR count). The van der Waals surface area contributed by atoms with Gasteiger partial charge in [-0.1, -0.05) is 23.8 Å². The van der Waals surface area contributed by atoms with Gasteiger partial charge in [0.1, 0.15) is 0 Å². The number of aryl methyl sites for hydroxylation is 1. The fourth-order valence-electron chi connectivity index (χ4n) is 1.12. The number of ether oxygens (including phenoxy) is 1. The van der Waals surface area contributed by atoms with Crippen molar-refractivity contribution in [3.05, 3.63) is 40.7 Å². The molecule has 0 aliphatic rings. The van der Waals surface area contributed by atoms with Crippen LogP contribution in [0.1, 0.15) is 22.8 Å². The molecule has 0 spiro atoms. The first-order valence-corrected chi connectivity index (χ1v) is 4.34. The average Bonchev–Trinajstić information content (AvgIpc) is 2.18. The van der Waals surface area contributed by atoms with Crippen LogP contribution >= 0.6 is 0 Å². The molecule has 0 unspecified atom stereocenters. The zero-order valence-corrected chi connectivity index (χ0v) is 8.20. The van der Waals surface area contributed by atoms with Gasteiger partial charge in [0.2, 0.25) is 5.69 Å². The van der Waals surface area contributed by atoms with Crippen LogP contribution < -0.4 is 0 Å². The quantitative estimate of drug-likeness (QED) is 0.529. The second kappa shape index (κ2) is 4.43. The van der Waals surface area contributed by atoms with Gasteiger partial charge in [0.05, 0.1) is 18.7 Å². The van der Waals surface area contributed by atoms with E-state index in [0.717, 1.165) is 5.56 Å². The van der Waals surface area contributed by atoms with Crippen molar-refractivity contribution in [3.63, 3.8) is 0 Å². The van der Waals surface area contributed by atoms with Gasteiger partial charge in [0.15, 0.2) is 0 Å². The maximum absolute atomic E-state index is 11.4. The smallest absolute Gasteiger partial charge is 0.327 e. The van der Waals surface area contributed by atoms with E-state index in [4.69, 9.17) is 11.3 Å². The molecular formula is C11H11NO2. The summed E-state index contributed by atoms with van der Waals surface area (Å²) in [5.74, 6) is -0.429. The molecule has 3 heteroatoms. The largest absolute Gasteiger partial charge is 0.463 e. The predicted molar refractivity (Wildman–Crippen MR) is 53.4 cm³/mol. The van der Waals surface area contributed by atoms with Gasteiger partial charge in [-0.05, 0) is 13.8 Å². The first-order valence-electron chi connectivity index (χ1n) is 4.34. The molecule has 0 aliphatic carbocycles. The summed E-state index contributed by atoms with van der Waals surface area (Å²) < 4.78 is 4.84. The van der Waals surface area contributed by atoms with Crippen LogP contribution in [0.25, 0.3) is 4.85 Å². The zero-order valence-electron chi connectivity index (χ0n) is 8.20. The van der Waals surface area contributed by atoms with Crippen LogP contribution in [0.15, 0.2) is 18.2 Å². The SMILES string of the molecule is [C-]#[N+]c1ccc(C)cc1C(=O)OCC. The summed E-state index contributed by atoms with van der Waals surface area (Å²) in [4.78, 5) is 14.7. The topological polar surface area (TPSA) is 30.7 Å². The Labute approximate surface area is 83.1 Å². The summed E-state index contributed by atoms with van der Waals surface area (Å²) in [6.07, 6.45) is 0. The molecule has 0 radical (unpaired) electrons. The zero-order chi connectivity index (χ0) is 10.6. The van der Waals surface area contributed by atoms with E-state index < -0.39 is 5.97 Å². The number of hydrogen-bond donors (Lipinski definition) is 0. The highest BCUT2D eigenvalue weighted by atomic mass is 16.5. The van der Waals surface area contributed by atoms with Crippen molar-refractivity contribution in [1.82, 2.24) is 0 Å². The van der Waals surface area contributed by atoms with Crippen LogP contribution in [-0.4, -0.2) is 12.6 Å². The van der Waals surface area contributed by atoms with Crippen LogP contribution in [0.2, 0.25) is 0 Å². The number of carbonyl (C=O) groups is 1. The lowest BCUT2D eigenvalue weighted by atomic mass is 10.1. The number of esters is 1. The molecular weight excluding hydrogens is 178 g/mol. The molecule has 0 amide bonds. The number of nitrogens with zero attached hydrogens (tertiary/aromatic N) is 1. The number of carbonyl (C=O) groups excluding carboxylic acids is 1. The minimum atomic E-state index is -0.429. The molecule has 0 bridgehead atoms. The summed E-state index contributed by atoms with van der Waals surface area (Å²) in [6, 6.07) is 5.11. The van der Waals surface area contributed by atoms with E-state index in [1.165, 1.54) is 0 Å².